The van der Waals surface area contributed by atoms with Crippen molar-refractivity contribution in [2.75, 3.05) is 0 Å². The Bertz CT molecular complexity index is 789. The summed E-state index contributed by atoms with van der Waals surface area (Å²) in [4.78, 5) is 4.60. The molecule has 23 heavy (non-hydrogen) atoms. The Hall–Kier alpha value is -1.80. The van der Waals surface area contributed by atoms with Crippen molar-refractivity contribution in [3.63, 3.8) is 0 Å². The third kappa shape index (κ3) is 3.76. The van der Waals surface area contributed by atoms with Crippen LogP contribution >= 0.6 is 23.1 Å². The third-order valence-electron chi connectivity index (χ3n) is 3.07. The lowest BCUT2D eigenvalue weighted by Crippen LogP contribution is -2.24. The number of nitrogens with zero attached hydrogens (tertiary/aromatic N) is 5. The molecule has 0 fully saturated rings. The average Bonchev–Trinajstić information content (AvgIpc) is 3.14. The second-order valence-corrected chi connectivity index (χ2v) is 7.78. The van der Waals surface area contributed by atoms with E-state index >= 15 is 0 Å². The maximum absolute atomic E-state index is 13.0. The fourth-order valence-electron chi connectivity index (χ4n) is 1.93. The Kier molecular flexibility index (Phi) is 4.45. The van der Waals surface area contributed by atoms with Crippen LogP contribution < -0.4 is 0 Å². The Balaban J connectivity index is 1.71. The lowest BCUT2D eigenvalue weighted by molar-refractivity contribution is 0.321. The number of hydrogen-bond donors (Lipinski definition) is 0. The Morgan fingerprint density at radius 2 is 1.96 bits per heavy atom. The quantitative estimate of drug-likeness (QED) is 0.667. The first kappa shape index (κ1) is 16.1. The number of rotatable bonds is 4. The number of benzene rings is 1. The highest BCUT2D eigenvalue weighted by Gasteiger charge is 2.20. The second-order valence-electron chi connectivity index (χ2n) is 5.98. The average molecular weight is 349 g/mol. The minimum Gasteiger partial charge on any atom is -0.240 e. The summed E-state index contributed by atoms with van der Waals surface area (Å²) in [5, 5.41) is 15.5. The molecule has 2 aromatic heterocycles. The maximum atomic E-state index is 13.0. The highest BCUT2D eigenvalue weighted by atomic mass is 32.2. The van der Waals surface area contributed by atoms with Gasteiger partial charge in [-0.3, -0.25) is 0 Å². The van der Waals surface area contributed by atoms with E-state index in [9.17, 15) is 4.39 Å². The molecule has 5 nitrogen and oxygen atoms in total. The van der Waals surface area contributed by atoms with Crippen molar-refractivity contribution in [2.45, 2.75) is 37.2 Å². The summed E-state index contributed by atoms with van der Waals surface area (Å²) < 4.78 is 14.8. The highest BCUT2D eigenvalue weighted by molar-refractivity contribution is 7.98. The first-order chi connectivity index (χ1) is 10.9. The molecule has 0 spiro atoms. The van der Waals surface area contributed by atoms with Crippen molar-refractivity contribution in [1.29, 1.82) is 0 Å². The normalized spacial score (nSPS) is 11.8. The van der Waals surface area contributed by atoms with E-state index in [1.165, 1.54) is 12.1 Å². The van der Waals surface area contributed by atoms with Crippen LogP contribution in [-0.4, -0.2) is 25.2 Å². The predicted octanol–water partition coefficient (Wildman–Crippen LogP) is 3.98. The summed E-state index contributed by atoms with van der Waals surface area (Å²) >= 11 is 3.11. The van der Waals surface area contributed by atoms with Gasteiger partial charge in [-0.15, -0.1) is 16.4 Å². The second kappa shape index (κ2) is 6.37. The maximum Gasteiger partial charge on any atom is 0.210 e. The fraction of sp³-hybridized carbons (Fsp3) is 0.333. The van der Waals surface area contributed by atoms with E-state index in [2.05, 4.69) is 41.3 Å². The smallest absolute Gasteiger partial charge is 0.210 e. The van der Waals surface area contributed by atoms with Gasteiger partial charge in [-0.1, -0.05) is 11.8 Å². The third-order valence-corrected chi connectivity index (χ3v) is 4.96. The molecule has 120 valence electrons. The van der Waals surface area contributed by atoms with Crippen molar-refractivity contribution in [2.24, 2.45) is 0 Å². The predicted molar refractivity (Wildman–Crippen MR) is 89.9 cm³/mol. The topological polar surface area (TPSA) is 56.5 Å². The summed E-state index contributed by atoms with van der Waals surface area (Å²) in [6.45, 7) is 6.18. The van der Waals surface area contributed by atoms with Crippen LogP contribution in [0.1, 0.15) is 26.5 Å². The van der Waals surface area contributed by atoms with Gasteiger partial charge in [-0.25, -0.2) is 14.1 Å². The zero-order valence-electron chi connectivity index (χ0n) is 13.0. The molecule has 1 aromatic carbocycles. The first-order valence-corrected chi connectivity index (χ1v) is 8.92. The van der Waals surface area contributed by atoms with Gasteiger partial charge >= 0.3 is 0 Å². The van der Waals surface area contributed by atoms with E-state index in [1.807, 2.05) is 10.1 Å². The first-order valence-electron chi connectivity index (χ1n) is 7.05. The van der Waals surface area contributed by atoms with Gasteiger partial charge in [0.05, 0.1) is 11.2 Å². The summed E-state index contributed by atoms with van der Waals surface area (Å²) in [6, 6.07) is 6.38. The Morgan fingerprint density at radius 1 is 1.22 bits per heavy atom. The molecule has 3 rings (SSSR count). The molecule has 0 saturated heterocycles. The molecular weight excluding hydrogens is 333 g/mol. The Morgan fingerprint density at radius 3 is 2.65 bits per heavy atom. The van der Waals surface area contributed by atoms with Crippen molar-refractivity contribution >= 4 is 23.1 Å². The number of aromatic nitrogens is 5. The minimum atomic E-state index is -0.241. The van der Waals surface area contributed by atoms with E-state index in [1.54, 1.807) is 35.2 Å². The zero-order chi connectivity index (χ0) is 16.4. The number of tetrazole rings is 1. The molecular formula is C15H16FN5S2. The molecule has 0 saturated carbocycles. The van der Waals surface area contributed by atoms with Gasteiger partial charge in [0.25, 0.3) is 0 Å². The molecule has 0 atom stereocenters. The number of hydrogen-bond acceptors (Lipinski definition) is 6. The van der Waals surface area contributed by atoms with Crippen LogP contribution in [0.25, 0.3) is 10.6 Å². The van der Waals surface area contributed by atoms with Crippen molar-refractivity contribution in [3.8, 4) is 10.6 Å². The van der Waals surface area contributed by atoms with Crippen LogP contribution in [0.5, 0.6) is 0 Å². The SMILES string of the molecule is CC(C)(C)n1nnnc1SCc1csc(-c2ccc(F)cc2)n1. The van der Waals surface area contributed by atoms with Gasteiger partial charge in [0.2, 0.25) is 5.16 Å². The zero-order valence-corrected chi connectivity index (χ0v) is 14.7. The van der Waals surface area contributed by atoms with E-state index in [4.69, 9.17) is 0 Å². The fourth-order valence-corrected chi connectivity index (χ4v) is 3.81. The summed E-state index contributed by atoms with van der Waals surface area (Å²) in [7, 11) is 0. The van der Waals surface area contributed by atoms with Gasteiger partial charge in [0.15, 0.2) is 0 Å². The summed E-state index contributed by atoms with van der Waals surface area (Å²) in [6.07, 6.45) is 0. The molecule has 0 N–H and O–H groups in total. The molecule has 0 radical (unpaired) electrons. The monoisotopic (exact) mass is 349 g/mol. The lowest BCUT2D eigenvalue weighted by atomic mass is 10.1. The van der Waals surface area contributed by atoms with Crippen LogP contribution in [0.3, 0.4) is 0 Å². The van der Waals surface area contributed by atoms with Gasteiger partial charge in [-0.2, -0.15) is 0 Å². The van der Waals surface area contributed by atoms with E-state index in [-0.39, 0.29) is 11.4 Å². The van der Waals surface area contributed by atoms with Crippen LogP contribution in [0.2, 0.25) is 0 Å². The highest BCUT2D eigenvalue weighted by Crippen LogP contribution is 2.28. The van der Waals surface area contributed by atoms with E-state index in [0.717, 1.165) is 21.4 Å². The van der Waals surface area contributed by atoms with Gasteiger partial charge in [-0.05, 0) is 55.5 Å². The van der Waals surface area contributed by atoms with Crippen LogP contribution in [0, 0.1) is 5.82 Å². The lowest BCUT2D eigenvalue weighted by Gasteiger charge is -2.19. The Labute approximate surface area is 142 Å². The van der Waals surface area contributed by atoms with Crippen molar-refractivity contribution < 1.29 is 4.39 Å². The molecule has 0 aliphatic rings. The van der Waals surface area contributed by atoms with Crippen LogP contribution in [0.4, 0.5) is 4.39 Å². The molecule has 8 heteroatoms. The van der Waals surface area contributed by atoms with Gasteiger partial charge in [0, 0.05) is 16.7 Å². The van der Waals surface area contributed by atoms with Gasteiger partial charge < -0.3 is 0 Å². The summed E-state index contributed by atoms with van der Waals surface area (Å²) in [5.41, 5.74) is 1.72. The van der Waals surface area contributed by atoms with Crippen LogP contribution in [0.15, 0.2) is 34.8 Å². The van der Waals surface area contributed by atoms with Crippen molar-refractivity contribution in [1.82, 2.24) is 25.2 Å². The molecule has 0 amide bonds. The summed E-state index contributed by atoms with van der Waals surface area (Å²) in [5.74, 6) is 0.448. The van der Waals surface area contributed by atoms with Crippen molar-refractivity contribution in [3.05, 3.63) is 41.2 Å². The standard InChI is InChI=1S/C15H16FN5S2/c1-15(2,3)21-14(18-19-20-21)23-9-12-8-22-13(17-12)10-4-6-11(16)7-5-10/h4-8H,9H2,1-3H3. The van der Waals surface area contributed by atoms with Gasteiger partial charge in [0.1, 0.15) is 10.8 Å². The molecule has 0 unspecified atom stereocenters. The molecule has 0 aliphatic heterocycles. The van der Waals surface area contributed by atoms with Crippen LogP contribution in [-0.2, 0) is 11.3 Å². The minimum absolute atomic E-state index is 0.160. The molecule has 0 bridgehead atoms. The number of thiazole rings is 1. The molecule has 3 aromatic rings. The molecule has 2 heterocycles. The molecule has 0 aliphatic carbocycles. The number of halogens is 1. The van der Waals surface area contributed by atoms with E-state index in [0.29, 0.717) is 5.75 Å². The van der Waals surface area contributed by atoms with E-state index < -0.39 is 0 Å². The number of thioether (sulfide) groups is 1. The largest absolute Gasteiger partial charge is 0.240 e.